The largest absolute Gasteiger partial charge is 0.306 e. The lowest BCUT2D eigenvalue weighted by Gasteiger charge is -1.97. The first-order chi connectivity index (χ1) is 5.93. The van der Waals surface area contributed by atoms with E-state index in [0.717, 1.165) is 5.56 Å². The van der Waals surface area contributed by atoms with Crippen LogP contribution in [0.25, 0.3) is 0 Å². The first kappa shape index (κ1) is 8.46. The molecule has 0 radical (unpaired) electrons. The molecule has 0 aliphatic rings. The van der Waals surface area contributed by atoms with E-state index in [0.29, 0.717) is 6.54 Å². The summed E-state index contributed by atoms with van der Waals surface area (Å²) in [4.78, 5) is 3.97. The Hall–Kier alpha value is -1.64. The minimum absolute atomic E-state index is 0.693. The molecule has 1 aromatic rings. The molecule has 0 unspecified atom stereocenters. The van der Waals surface area contributed by atoms with Crippen LogP contribution in [0.3, 0.4) is 0 Å². The molecule has 1 rings (SSSR count). The van der Waals surface area contributed by atoms with E-state index in [2.05, 4.69) is 22.1 Å². The molecule has 0 bridgehead atoms. The molecule has 0 atom stereocenters. The molecule has 0 saturated heterocycles. The predicted octanol–water partition coefficient (Wildman–Crippen LogP) is 1.34. The Morgan fingerprint density at radius 1 is 1.67 bits per heavy atom. The summed E-state index contributed by atoms with van der Waals surface area (Å²) >= 11 is 0. The maximum atomic E-state index is 3.97. The zero-order chi connectivity index (χ0) is 8.65. The van der Waals surface area contributed by atoms with E-state index in [-0.39, 0.29) is 0 Å². The number of rotatable bonds is 4. The normalized spacial score (nSPS) is 10.0. The highest BCUT2D eigenvalue weighted by Gasteiger charge is 1.86. The molecule has 1 aromatic heterocycles. The molecule has 3 nitrogen and oxygen atoms in total. The van der Waals surface area contributed by atoms with Crippen LogP contribution >= 0.6 is 0 Å². The van der Waals surface area contributed by atoms with Crippen LogP contribution < -0.4 is 5.43 Å². The smallest absolute Gasteiger partial charge is 0.0595 e. The van der Waals surface area contributed by atoms with Crippen molar-refractivity contribution in [2.45, 2.75) is 6.54 Å². The SMILES string of the molecule is C=CC=NNCc1cccnc1. The van der Waals surface area contributed by atoms with E-state index in [1.165, 1.54) is 0 Å². The second-order valence-corrected chi connectivity index (χ2v) is 2.21. The summed E-state index contributed by atoms with van der Waals surface area (Å²) in [5.74, 6) is 0. The van der Waals surface area contributed by atoms with Crippen LogP contribution in [-0.2, 0) is 6.54 Å². The summed E-state index contributed by atoms with van der Waals surface area (Å²) in [7, 11) is 0. The molecule has 12 heavy (non-hydrogen) atoms. The fraction of sp³-hybridized carbons (Fsp3) is 0.111. The van der Waals surface area contributed by atoms with Gasteiger partial charge in [0.2, 0.25) is 0 Å². The Morgan fingerprint density at radius 3 is 3.25 bits per heavy atom. The van der Waals surface area contributed by atoms with Gasteiger partial charge in [-0.2, -0.15) is 5.10 Å². The fourth-order valence-electron chi connectivity index (χ4n) is 0.745. The van der Waals surface area contributed by atoms with E-state index in [1.54, 1.807) is 24.7 Å². The van der Waals surface area contributed by atoms with Gasteiger partial charge in [-0.05, 0) is 17.7 Å². The van der Waals surface area contributed by atoms with Gasteiger partial charge in [0, 0.05) is 18.6 Å². The lowest BCUT2D eigenvalue weighted by Crippen LogP contribution is -2.04. The fourth-order valence-corrected chi connectivity index (χ4v) is 0.745. The standard InChI is InChI=1S/C9H11N3/c1-2-5-11-12-8-9-4-3-6-10-7-9/h2-7,12H,1,8H2. The van der Waals surface area contributed by atoms with Crippen molar-refractivity contribution in [3.05, 3.63) is 42.7 Å². The molecule has 1 N–H and O–H groups in total. The Balaban J connectivity index is 2.33. The van der Waals surface area contributed by atoms with Crippen molar-refractivity contribution in [1.29, 1.82) is 0 Å². The van der Waals surface area contributed by atoms with Gasteiger partial charge in [-0.15, -0.1) is 0 Å². The van der Waals surface area contributed by atoms with Crippen LogP contribution in [-0.4, -0.2) is 11.2 Å². The third kappa shape index (κ3) is 2.96. The molecule has 3 heteroatoms. The van der Waals surface area contributed by atoms with Crippen molar-refractivity contribution in [3.63, 3.8) is 0 Å². The minimum Gasteiger partial charge on any atom is -0.306 e. The maximum Gasteiger partial charge on any atom is 0.0595 e. The second kappa shape index (κ2) is 5.07. The van der Waals surface area contributed by atoms with Gasteiger partial charge in [-0.3, -0.25) is 4.98 Å². The number of hydrogen-bond acceptors (Lipinski definition) is 3. The average molecular weight is 161 g/mol. The van der Waals surface area contributed by atoms with Crippen LogP contribution in [0.2, 0.25) is 0 Å². The van der Waals surface area contributed by atoms with Gasteiger partial charge in [-0.1, -0.05) is 12.6 Å². The van der Waals surface area contributed by atoms with E-state index < -0.39 is 0 Å². The number of hydrogen-bond donors (Lipinski definition) is 1. The zero-order valence-electron chi connectivity index (χ0n) is 6.77. The number of pyridine rings is 1. The van der Waals surface area contributed by atoms with Gasteiger partial charge in [0.05, 0.1) is 6.54 Å². The van der Waals surface area contributed by atoms with Crippen molar-refractivity contribution in [3.8, 4) is 0 Å². The van der Waals surface area contributed by atoms with Crippen molar-refractivity contribution >= 4 is 6.21 Å². The summed E-state index contributed by atoms with van der Waals surface area (Å²) < 4.78 is 0. The summed E-state index contributed by atoms with van der Waals surface area (Å²) in [6.45, 7) is 4.20. The Kier molecular flexibility index (Phi) is 3.57. The van der Waals surface area contributed by atoms with Crippen molar-refractivity contribution in [2.24, 2.45) is 5.10 Å². The maximum absolute atomic E-state index is 3.97. The Morgan fingerprint density at radius 2 is 2.58 bits per heavy atom. The number of hydrazone groups is 1. The third-order valence-electron chi connectivity index (χ3n) is 1.28. The number of aromatic nitrogens is 1. The van der Waals surface area contributed by atoms with Crippen LogP contribution in [0.5, 0.6) is 0 Å². The van der Waals surface area contributed by atoms with E-state index in [9.17, 15) is 0 Å². The molecule has 0 saturated carbocycles. The van der Waals surface area contributed by atoms with Crippen LogP contribution in [0.1, 0.15) is 5.56 Å². The Labute approximate surface area is 71.8 Å². The Bertz CT molecular complexity index is 254. The average Bonchev–Trinajstić information content (AvgIpc) is 2.14. The molecule has 1 heterocycles. The van der Waals surface area contributed by atoms with Crippen molar-refractivity contribution in [2.75, 3.05) is 0 Å². The topological polar surface area (TPSA) is 37.3 Å². The van der Waals surface area contributed by atoms with Crippen LogP contribution in [0, 0.1) is 0 Å². The molecular formula is C9H11N3. The first-order valence-electron chi connectivity index (χ1n) is 3.69. The first-order valence-corrected chi connectivity index (χ1v) is 3.69. The monoisotopic (exact) mass is 161 g/mol. The van der Waals surface area contributed by atoms with Gasteiger partial charge < -0.3 is 5.43 Å². The van der Waals surface area contributed by atoms with Crippen molar-refractivity contribution < 1.29 is 0 Å². The van der Waals surface area contributed by atoms with Gasteiger partial charge in [0.1, 0.15) is 0 Å². The van der Waals surface area contributed by atoms with Crippen molar-refractivity contribution in [1.82, 2.24) is 10.4 Å². The second-order valence-electron chi connectivity index (χ2n) is 2.21. The third-order valence-corrected chi connectivity index (χ3v) is 1.28. The summed E-state index contributed by atoms with van der Waals surface area (Å²) in [6, 6.07) is 3.89. The van der Waals surface area contributed by atoms with Gasteiger partial charge in [0.25, 0.3) is 0 Å². The highest BCUT2D eigenvalue weighted by Crippen LogP contribution is 1.93. The van der Waals surface area contributed by atoms with E-state index in [4.69, 9.17) is 0 Å². The highest BCUT2D eigenvalue weighted by atomic mass is 15.3. The minimum atomic E-state index is 0.693. The van der Waals surface area contributed by atoms with Gasteiger partial charge in [-0.25, -0.2) is 0 Å². The van der Waals surface area contributed by atoms with E-state index in [1.807, 2.05) is 12.1 Å². The lowest BCUT2D eigenvalue weighted by atomic mass is 10.3. The molecule has 0 fully saturated rings. The number of nitrogens with one attached hydrogen (secondary N) is 1. The van der Waals surface area contributed by atoms with Gasteiger partial charge in [0.15, 0.2) is 0 Å². The summed E-state index contributed by atoms with van der Waals surface area (Å²) in [5, 5.41) is 3.86. The summed E-state index contributed by atoms with van der Waals surface area (Å²) in [6.07, 6.45) is 6.78. The highest BCUT2D eigenvalue weighted by molar-refractivity contribution is 5.69. The number of nitrogens with zero attached hydrogens (tertiary/aromatic N) is 2. The molecular weight excluding hydrogens is 150 g/mol. The zero-order valence-corrected chi connectivity index (χ0v) is 6.77. The van der Waals surface area contributed by atoms with E-state index >= 15 is 0 Å². The number of allylic oxidation sites excluding steroid dienone is 1. The lowest BCUT2D eigenvalue weighted by molar-refractivity contribution is 0.745. The molecule has 0 amide bonds. The molecule has 0 aliphatic carbocycles. The van der Waals surface area contributed by atoms with Gasteiger partial charge >= 0.3 is 0 Å². The molecule has 0 spiro atoms. The quantitative estimate of drug-likeness (QED) is 0.534. The molecule has 62 valence electrons. The predicted molar refractivity (Wildman–Crippen MR) is 49.8 cm³/mol. The summed E-state index contributed by atoms with van der Waals surface area (Å²) in [5.41, 5.74) is 3.97. The molecule has 0 aromatic carbocycles. The van der Waals surface area contributed by atoms with Crippen LogP contribution in [0.4, 0.5) is 0 Å². The van der Waals surface area contributed by atoms with Crippen LogP contribution in [0.15, 0.2) is 42.3 Å². The molecule has 0 aliphatic heterocycles.